The number of aromatic nitrogens is 2. The normalized spacial score (nSPS) is 12.0. The van der Waals surface area contributed by atoms with E-state index in [9.17, 15) is 9.18 Å². The number of benzene rings is 1. The Morgan fingerprint density at radius 1 is 1.42 bits per heavy atom. The number of rotatable bonds is 8. The van der Waals surface area contributed by atoms with E-state index in [4.69, 9.17) is 5.11 Å². The highest BCUT2D eigenvalue weighted by molar-refractivity contribution is 5.91. The predicted molar refractivity (Wildman–Crippen MR) is 90.6 cm³/mol. The highest BCUT2D eigenvalue weighted by atomic mass is 19.1. The van der Waals surface area contributed by atoms with Crippen LogP contribution in [0, 0.1) is 11.7 Å². The SMILES string of the molecule is CCCC(CCO)CNC(=O)Nc1cc(F)ccc1-n1cccn1. The van der Waals surface area contributed by atoms with E-state index in [1.807, 2.05) is 0 Å². The van der Waals surface area contributed by atoms with Gasteiger partial charge in [0.2, 0.25) is 0 Å². The van der Waals surface area contributed by atoms with Gasteiger partial charge in [-0.05, 0) is 43.0 Å². The van der Waals surface area contributed by atoms with Gasteiger partial charge in [-0.25, -0.2) is 13.9 Å². The van der Waals surface area contributed by atoms with Crippen molar-refractivity contribution in [3.63, 3.8) is 0 Å². The number of urea groups is 1. The summed E-state index contributed by atoms with van der Waals surface area (Å²) in [5.41, 5.74) is 0.919. The summed E-state index contributed by atoms with van der Waals surface area (Å²) < 4.78 is 15.1. The highest BCUT2D eigenvalue weighted by Crippen LogP contribution is 2.21. The second-order valence-corrected chi connectivity index (χ2v) is 5.61. The van der Waals surface area contributed by atoms with Crippen molar-refractivity contribution < 1.29 is 14.3 Å². The van der Waals surface area contributed by atoms with E-state index in [1.54, 1.807) is 29.2 Å². The molecule has 1 aromatic carbocycles. The first-order valence-electron chi connectivity index (χ1n) is 8.09. The molecule has 0 aliphatic heterocycles. The topological polar surface area (TPSA) is 79.2 Å². The first-order valence-corrected chi connectivity index (χ1v) is 8.09. The number of nitrogens with one attached hydrogen (secondary N) is 2. The van der Waals surface area contributed by atoms with Crippen LogP contribution in [-0.2, 0) is 0 Å². The third-order valence-electron chi connectivity index (χ3n) is 3.74. The summed E-state index contributed by atoms with van der Waals surface area (Å²) in [7, 11) is 0. The van der Waals surface area contributed by atoms with Gasteiger partial charge in [0.1, 0.15) is 5.82 Å². The van der Waals surface area contributed by atoms with Crippen LogP contribution >= 0.6 is 0 Å². The summed E-state index contributed by atoms with van der Waals surface area (Å²) in [5, 5.41) is 18.6. The van der Waals surface area contributed by atoms with Crippen molar-refractivity contribution >= 4 is 11.7 Å². The van der Waals surface area contributed by atoms with Gasteiger partial charge in [-0.1, -0.05) is 13.3 Å². The molecule has 0 aliphatic carbocycles. The summed E-state index contributed by atoms with van der Waals surface area (Å²) in [4.78, 5) is 12.1. The third-order valence-corrected chi connectivity index (χ3v) is 3.74. The number of nitrogens with zero attached hydrogens (tertiary/aromatic N) is 2. The maximum atomic E-state index is 13.5. The lowest BCUT2D eigenvalue weighted by Crippen LogP contribution is -2.33. The molecule has 0 saturated heterocycles. The fourth-order valence-corrected chi connectivity index (χ4v) is 2.56. The fourth-order valence-electron chi connectivity index (χ4n) is 2.56. The lowest BCUT2D eigenvalue weighted by atomic mass is 10.0. The first kappa shape index (κ1) is 17.9. The smallest absolute Gasteiger partial charge is 0.319 e. The van der Waals surface area contributed by atoms with Crippen LogP contribution in [0.1, 0.15) is 26.2 Å². The van der Waals surface area contributed by atoms with Gasteiger partial charge < -0.3 is 15.7 Å². The lowest BCUT2D eigenvalue weighted by molar-refractivity contribution is 0.236. The zero-order chi connectivity index (χ0) is 17.4. The lowest BCUT2D eigenvalue weighted by Gasteiger charge is -2.17. The second kappa shape index (κ2) is 9.02. The minimum absolute atomic E-state index is 0.0985. The van der Waals surface area contributed by atoms with Gasteiger partial charge in [0.25, 0.3) is 0 Å². The average molecular weight is 334 g/mol. The molecule has 3 N–H and O–H groups in total. The van der Waals surface area contributed by atoms with Crippen LogP contribution in [0.3, 0.4) is 0 Å². The van der Waals surface area contributed by atoms with Crippen LogP contribution in [0.5, 0.6) is 0 Å². The Hall–Kier alpha value is -2.41. The van der Waals surface area contributed by atoms with Gasteiger partial charge in [-0.3, -0.25) is 0 Å². The van der Waals surface area contributed by atoms with Crippen molar-refractivity contribution in [3.8, 4) is 5.69 Å². The van der Waals surface area contributed by atoms with Crippen LogP contribution in [0.4, 0.5) is 14.9 Å². The number of halogens is 1. The molecule has 7 heteroatoms. The van der Waals surface area contributed by atoms with Crippen molar-refractivity contribution in [2.75, 3.05) is 18.5 Å². The van der Waals surface area contributed by atoms with E-state index >= 15 is 0 Å². The number of aliphatic hydroxyl groups excluding tert-OH is 1. The second-order valence-electron chi connectivity index (χ2n) is 5.61. The molecule has 0 aliphatic rings. The molecular weight excluding hydrogens is 311 g/mol. The molecule has 2 rings (SSSR count). The summed E-state index contributed by atoms with van der Waals surface area (Å²) in [6, 6.07) is 5.47. The minimum atomic E-state index is -0.439. The van der Waals surface area contributed by atoms with Gasteiger partial charge in [-0.2, -0.15) is 5.10 Å². The molecule has 0 spiro atoms. The van der Waals surface area contributed by atoms with Gasteiger partial charge in [0, 0.05) is 25.5 Å². The molecule has 1 aromatic heterocycles. The van der Waals surface area contributed by atoms with Crippen molar-refractivity contribution in [1.29, 1.82) is 0 Å². The van der Waals surface area contributed by atoms with Crippen LogP contribution < -0.4 is 10.6 Å². The fraction of sp³-hybridized carbons (Fsp3) is 0.412. The first-order chi connectivity index (χ1) is 11.6. The molecular formula is C17H23FN4O2. The number of anilines is 1. The number of aliphatic hydroxyl groups is 1. The molecule has 2 aromatic rings. The van der Waals surface area contributed by atoms with Crippen molar-refractivity contribution in [2.45, 2.75) is 26.2 Å². The standard InChI is InChI=1S/C17H23FN4O2/c1-2-4-13(7-10-23)12-19-17(24)21-15-11-14(18)5-6-16(15)22-9-3-8-20-22/h3,5-6,8-9,11,13,23H,2,4,7,10,12H2,1H3,(H2,19,21,24). The van der Waals surface area contributed by atoms with Gasteiger partial charge in [-0.15, -0.1) is 0 Å². The van der Waals surface area contributed by atoms with E-state index in [-0.39, 0.29) is 12.5 Å². The van der Waals surface area contributed by atoms with Gasteiger partial charge in [0.05, 0.1) is 11.4 Å². The largest absolute Gasteiger partial charge is 0.396 e. The Kier molecular flexibility index (Phi) is 6.74. The zero-order valence-corrected chi connectivity index (χ0v) is 13.7. The van der Waals surface area contributed by atoms with E-state index in [0.717, 1.165) is 12.8 Å². The number of hydrogen-bond acceptors (Lipinski definition) is 3. The van der Waals surface area contributed by atoms with E-state index in [0.29, 0.717) is 24.3 Å². The average Bonchev–Trinajstić information content (AvgIpc) is 3.07. The Morgan fingerprint density at radius 3 is 2.92 bits per heavy atom. The van der Waals surface area contributed by atoms with Crippen LogP contribution in [0.15, 0.2) is 36.7 Å². The zero-order valence-electron chi connectivity index (χ0n) is 13.7. The van der Waals surface area contributed by atoms with Crippen molar-refractivity contribution in [3.05, 3.63) is 42.5 Å². The Morgan fingerprint density at radius 2 is 2.25 bits per heavy atom. The molecule has 2 amide bonds. The minimum Gasteiger partial charge on any atom is -0.396 e. The molecule has 0 bridgehead atoms. The molecule has 1 heterocycles. The Balaban J connectivity index is 2.02. The monoisotopic (exact) mass is 334 g/mol. The third kappa shape index (κ3) is 5.06. The summed E-state index contributed by atoms with van der Waals surface area (Å²) in [5.74, 6) is -0.214. The van der Waals surface area contributed by atoms with Crippen LogP contribution in [0.25, 0.3) is 5.69 Å². The molecule has 1 atom stereocenters. The van der Waals surface area contributed by atoms with Crippen LogP contribution in [0.2, 0.25) is 0 Å². The summed E-state index contributed by atoms with van der Waals surface area (Å²) >= 11 is 0. The molecule has 0 fully saturated rings. The molecule has 130 valence electrons. The van der Waals surface area contributed by atoms with E-state index in [2.05, 4.69) is 22.7 Å². The maximum absolute atomic E-state index is 13.5. The quantitative estimate of drug-likeness (QED) is 0.694. The van der Waals surface area contributed by atoms with E-state index in [1.165, 1.54) is 12.1 Å². The Labute approximate surface area is 140 Å². The summed E-state index contributed by atoms with van der Waals surface area (Å²) in [6.07, 6.45) is 5.89. The predicted octanol–water partition coefficient (Wildman–Crippen LogP) is 2.93. The van der Waals surface area contributed by atoms with Gasteiger partial charge >= 0.3 is 6.03 Å². The highest BCUT2D eigenvalue weighted by Gasteiger charge is 2.12. The van der Waals surface area contributed by atoms with E-state index < -0.39 is 11.8 Å². The number of carbonyl (C=O) groups is 1. The number of hydrogen-bond donors (Lipinski definition) is 3. The number of amides is 2. The molecule has 0 radical (unpaired) electrons. The summed E-state index contributed by atoms with van der Waals surface area (Å²) in [6.45, 7) is 2.63. The van der Waals surface area contributed by atoms with Crippen molar-refractivity contribution in [2.24, 2.45) is 5.92 Å². The molecule has 0 saturated carbocycles. The van der Waals surface area contributed by atoms with Crippen molar-refractivity contribution in [1.82, 2.24) is 15.1 Å². The van der Waals surface area contributed by atoms with Gasteiger partial charge in [0.15, 0.2) is 0 Å². The Bertz CT molecular complexity index is 640. The van der Waals surface area contributed by atoms with Crippen LogP contribution in [-0.4, -0.2) is 34.1 Å². The molecule has 6 nitrogen and oxygen atoms in total. The molecule has 24 heavy (non-hydrogen) atoms. The maximum Gasteiger partial charge on any atom is 0.319 e. The molecule has 1 unspecified atom stereocenters. The number of carbonyl (C=O) groups excluding carboxylic acids is 1.